The lowest BCUT2D eigenvalue weighted by Gasteiger charge is -2.32. The minimum atomic E-state index is -0.441. The van der Waals surface area contributed by atoms with Crippen LogP contribution in [0, 0.1) is 0 Å². The van der Waals surface area contributed by atoms with Crippen LogP contribution in [0.5, 0.6) is 0 Å². The average Bonchev–Trinajstić information content (AvgIpc) is 4.05. The van der Waals surface area contributed by atoms with Crippen molar-refractivity contribution >= 4 is 38.9 Å². The molecule has 66 heavy (non-hydrogen) atoms. The number of para-hydroxylation sites is 2. The zero-order valence-electron chi connectivity index (χ0n) is 36.8. The highest BCUT2D eigenvalue weighted by Crippen LogP contribution is 2.65. The Morgan fingerprint density at radius 1 is 0.364 bits per heavy atom. The SMILES string of the molecule is CC1(C)c2ccccc2-c2ccc(N(c3ccc(-c4cccc5c4c4ccccc4n5-c4ccccc4)cc3)c3cccc4c3-c3ccccc3C43c4ccccc4-c4ccccc43)cc21. The van der Waals surface area contributed by atoms with E-state index >= 15 is 0 Å². The number of hydrogen-bond acceptors (Lipinski definition) is 1. The molecule has 0 bridgehead atoms. The highest BCUT2D eigenvalue weighted by molar-refractivity contribution is 6.16. The van der Waals surface area contributed by atoms with Crippen LogP contribution in [0.3, 0.4) is 0 Å². The van der Waals surface area contributed by atoms with Crippen molar-refractivity contribution in [2.75, 3.05) is 4.90 Å². The summed E-state index contributed by atoms with van der Waals surface area (Å²) in [6, 6.07) is 86.2. The normalized spacial score (nSPS) is 14.2. The van der Waals surface area contributed by atoms with Crippen LogP contribution in [-0.2, 0) is 10.8 Å². The number of benzene rings is 10. The Kier molecular flexibility index (Phi) is 7.70. The molecule has 1 aromatic heterocycles. The van der Waals surface area contributed by atoms with E-state index < -0.39 is 5.41 Å². The standard InChI is InChI=1S/C64H44N2/c1-63(2)52-26-11-6-20-46(52)49-39-38-44(40-57(49)63)65(43-36-34-41(35-37-43)45-25-16-32-59-61(45)51-24-10-15-31-58(51)66(59)42-18-4-3-5-19-42)60-33-17-30-56-62(60)50-23-9-14-29-55(50)64(56)53-27-12-7-21-47(53)48-22-8-13-28-54(48)64/h3-40H,1-2H3. The Bertz CT molecular complexity index is 3750. The fourth-order valence-corrected chi connectivity index (χ4v) is 12.5. The van der Waals surface area contributed by atoms with Crippen LogP contribution < -0.4 is 4.90 Å². The molecular formula is C64H44N2. The summed E-state index contributed by atoms with van der Waals surface area (Å²) in [7, 11) is 0. The number of nitrogens with zero attached hydrogens (tertiary/aromatic N) is 2. The molecule has 0 saturated heterocycles. The topological polar surface area (TPSA) is 8.17 Å². The number of fused-ring (bicyclic) bond motifs is 16. The Morgan fingerprint density at radius 3 is 1.61 bits per heavy atom. The first-order valence-corrected chi connectivity index (χ1v) is 23.2. The summed E-state index contributed by atoms with van der Waals surface area (Å²) in [5, 5.41) is 2.52. The summed E-state index contributed by atoms with van der Waals surface area (Å²) in [4.78, 5) is 2.53. The van der Waals surface area contributed by atoms with Crippen LogP contribution in [0.1, 0.15) is 47.2 Å². The van der Waals surface area contributed by atoms with Crippen LogP contribution in [0.2, 0.25) is 0 Å². The van der Waals surface area contributed by atoms with Crippen molar-refractivity contribution in [3.63, 3.8) is 0 Å². The van der Waals surface area contributed by atoms with E-state index in [-0.39, 0.29) is 5.41 Å². The van der Waals surface area contributed by atoms with Gasteiger partial charge in [0.15, 0.2) is 0 Å². The average molecular weight is 841 g/mol. The van der Waals surface area contributed by atoms with Gasteiger partial charge in [-0.05, 0) is 127 Å². The molecule has 3 aliphatic carbocycles. The Labute approximate surface area is 385 Å². The van der Waals surface area contributed by atoms with Gasteiger partial charge in [-0.3, -0.25) is 0 Å². The lowest BCUT2D eigenvalue weighted by molar-refractivity contribution is 0.660. The van der Waals surface area contributed by atoms with Crippen molar-refractivity contribution in [3.8, 4) is 50.2 Å². The van der Waals surface area contributed by atoms with E-state index in [1.54, 1.807) is 0 Å². The molecule has 1 spiro atoms. The molecule has 3 aliphatic rings. The van der Waals surface area contributed by atoms with Gasteiger partial charge in [0.25, 0.3) is 0 Å². The van der Waals surface area contributed by atoms with Gasteiger partial charge in [-0.15, -0.1) is 0 Å². The van der Waals surface area contributed by atoms with Gasteiger partial charge in [0.2, 0.25) is 0 Å². The Balaban J connectivity index is 1.00. The first kappa shape index (κ1) is 37.2. The van der Waals surface area contributed by atoms with Crippen LogP contribution in [0.15, 0.2) is 231 Å². The maximum atomic E-state index is 2.53. The van der Waals surface area contributed by atoms with Crippen LogP contribution in [0.25, 0.3) is 72.0 Å². The fourth-order valence-electron chi connectivity index (χ4n) is 12.5. The smallest absolute Gasteiger partial charge is 0.0726 e. The molecule has 0 amide bonds. The molecule has 14 rings (SSSR count). The molecule has 0 fully saturated rings. The molecular weight excluding hydrogens is 797 g/mol. The van der Waals surface area contributed by atoms with Gasteiger partial charge in [0, 0.05) is 38.8 Å². The molecule has 1 heterocycles. The first-order valence-electron chi connectivity index (χ1n) is 23.2. The number of aromatic nitrogens is 1. The van der Waals surface area contributed by atoms with Crippen molar-refractivity contribution in [1.29, 1.82) is 0 Å². The van der Waals surface area contributed by atoms with Crippen molar-refractivity contribution in [2.24, 2.45) is 0 Å². The quantitative estimate of drug-likeness (QED) is 0.168. The lowest BCUT2D eigenvalue weighted by Crippen LogP contribution is -2.26. The summed E-state index contributed by atoms with van der Waals surface area (Å²) >= 11 is 0. The van der Waals surface area contributed by atoms with Crippen molar-refractivity contribution < 1.29 is 0 Å². The first-order chi connectivity index (χ1) is 32.5. The third kappa shape index (κ3) is 4.85. The van der Waals surface area contributed by atoms with E-state index in [0.29, 0.717) is 0 Å². The minimum absolute atomic E-state index is 0.151. The molecule has 0 radical (unpaired) electrons. The zero-order chi connectivity index (χ0) is 43.7. The maximum Gasteiger partial charge on any atom is 0.0726 e. The van der Waals surface area contributed by atoms with E-state index in [1.807, 2.05) is 0 Å². The predicted molar refractivity (Wildman–Crippen MR) is 275 cm³/mol. The second-order valence-electron chi connectivity index (χ2n) is 18.8. The highest BCUT2D eigenvalue weighted by Gasteiger charge is 2.52. The highest BCUT2D eigenvalue weighted by atomic mass is 15.1. The van der Waals surface area contributed by atoms with Gasteiger partial charge < -0.3 is 9.47 Å². The Hall–Kier alpha value is -8.20. The molecule has 0 atom stereocenters. The number of anilines is 3. The second kappa shape index (κ2) is 13.7. The molecule has 11 aromatic rings. The molecule has 2 nitrogen and oxygen atoms in total. The van der Waals surface area contributed by atoms with Crippen molar-refractivity contribution in [3.05, 3.63) is 264 Å². The van der Waals surface area contributed by atoms with Crippen LogP contribution in [0.4, 0.5) is 17.1 Å². The number of hydrogen-bond donors (Lipinski definition) is 0. The second-order valence-corrected chi connectivity index (χ2v) is 18.8. The number of rotatable bonds is 5. The maximum absolute atomic E-state index is 2.53. The molecule has 0 N–H and O–H groups in total. The van der Waals surface area contributed by atoms with E-state index in [4.69, 9.17) is 0 Å². The van der Waals surface area contributed by atoms with Gasteiger partial charge in [-0.25, -0.2) is 0 Å². The summed E-state index contributed by atoms with van der Waals surface area (Å²) in [6.07, 6.45) is 0. The molecule has 0 unspecified atom stereocenters. The van der Waals surface area contributed by atoms with Crippen LogP contribution >= 0.6 is 0 Å². The van der Waals surface area contributed by atoms with Gasteiger partial charge >= 0.3 is 0 Å². The summed E-state index contributed by atoms with van der Waals surface area (Å²) in [6.45, 7) is 4.76. The molecule has 2 heteroatoms. The van der Waals surface area contributed by atoms with Gasteiger partial charge in [-0.1, -0.05) is 190 Å². The van der Waals surface area contributed by atoms with E-state index in [1.165, 1.54) is 105 Å². The predicted octanol–water partition coefficient (Wildman–Crippen LogP) is 16.6. The van der Waals surface area contributed by atoms with E-state index in [0.717, 1.165) is 17.1 Å². The zero-order valence-corrected chi connectivity index (χ0v) is 36.8. The molecule has 10 aromatic carbocycles. The third-order valence-corrected chi connectivity index (χ3v) is 15.2. The van der Waals surface area contributed by atoms with Gasteiger partial charge in [-0.2, -0.15) is 0 Å². The van der Waals surface area contributed by atoms with Crippen LogP contribution in [-0.4, -0.2) is 4.57 Å². The third-order valence-electron chi connectivity index (χ3n) is 15.2. The van der Waals surface area contributed by atoms with Gasteiger partial charge in [0.1, 0.15) is 0 Å². The monoisotopic (exact) mass is 840 g/mol. The minimum Gasteiger partial charge on any atom is -0.310 e. The van der Waals surface area contributed by atoms with E-state index in [9.17, 15) is 0 Å². The molecule has 310 valence electrons. The fraction of sp³-hybridized carbons (Fsp3) is 0.0625. The van der Waals surface area contributed by atoms with Crippen molar-refractivity contribution in [1.82, 2.24) is 4.57 Å². The summed E-state index contributed by atoms with van der Waals surface area (Å²) in [5.41, 5.74) is 24.8. The van der Waals surface area contributed by atoms with E-state index in [2.05, 4.69) is 254 Å². The molecule has 0 aliphatic heterocycles. The summed E-state index contributed by atoms with van der Waals surface area (Å²) in [5.74, 6) is 0. The van der Waals surface area contributed by atoms with Gasteiger partial charge in [0.05, 0.1) is 22.1 Å². The summed E-state index contributed by atoms with van der Waals surface area (Å²) < 4.78 is 2.40. The molecule has 0 saturated carbocycles. The Morgan fingerprint density at radius 2 is 0.879 bits per heavy atom. The largest absolute Gasteiger partial charge is 0.310 e. The lowest BCUT2D eigenvalue weighted by atomic mass is 9.70. The van der Waals surface area contributed by atoms with Crippen molar-refractivity contribution in [2.45, 2.75) is 24.7 Å².